The smallest absolute Gasteiger partial charge is 0.341 e. The number of anilines is 2. The lowest BCUT2D eigenvalue weighted by molar-refractivity contribution is 0.00747. The Kier molecular flexibility index (Phi) is 14.3. The number of esters is 2. The van der Waals surface area contributed by atoms with Crippen molar-refractivity contribution in [3.8, 4) is 69.0 Å². The Hall–Kier alpha value is -7.06. The van der Waals surface area contributed by atoms with Crippen molar-refractivity contribution >= 4 is 23.3 Å². The Morgan fingerprint density at radius 2 is 0.847 bits per heavy atom. The van der Waals surface area contributed by atoms with Crippen LogP contribution in [-0.4, -0.2) is 116 Å². The zero-order chi connectivity index (χ0) is 51.1. The molecule has 0 aliphatic carbocycles. The molecule has 20 heteroatoms. The molecule has 388 valence electrons. The van der Waals surface area contributed by atoms with Gasteiger partial charge in [0.1, 0.15) is 0 Å². The number of nitrogens with two attached hydrogens (primary N) is 2. The monoisotopic (exact) mass is 1000 g/mol. The van der Waals surface area contributed by atoms with Gasteiger partial charge in [0.05, 0.1) is 99.6 Å². The van der Waals surface area contributed by atoms with Crippen LogP contribution >= 0.6 is 0 Å². The predicted octanol–water partition coefficient (Wildman–Crippen LogP) is 7.29. The van der Waals surface area contributed by atoms with E-state index in [1.165, 1.54) is 0 Å². The van der Waals surface area contributed by atoms with Gasteiger partial charge in [-0.1, -0.05) is 0 Å². The van der Waals surface area contributed by atoms with Gasteiger partial charge in [0, 0.05) is 24.2 Å². The molecular formula is C52H64N4O16. The van der Waals surface area contributed by atoms with E-state index in [0.29, 0.717) is 108 Å². The van der Waals surface area contributed by atoms with E-state index >= 15 is 0 Å². The maximum atomic E-state index is 13.3. The summed E-state index contributed by atoms with van der Waals surface area (Å²) in [6.07, 6.45) is 0.0854. The fourth-order valence-corrected chi connectivity index (χ4v) is 10.7. The summed E-state index contributed by atoms with van der Waals surface area (Å²) >= 11 is 0. The first kappa shape index (κ1) is 49.9. The summed E-state index contributed by atoms with van der Waals surface area (Å²) in [7, 11) is 7.18. The van der Waals surface area contributed by atoms with Gasteiger partial charge in [-0.25, -0.2) is 9.59 Å². The number of cyclic esters (lactones) is 2. The van der Waals surface area contributed by atoms with E-state index in [1.807, 2.05) is 67.8 Å². The third-order valence-electron chi connectivity index (χ3n) is 13.5. The SMILES string of the molecule is CCOc1c(N)c2c(c(OCC)c1OCC)C(C1c3c(cc4c(c3OC)OCO4)CCN1C)OC2=O.CCOc1c(N)c2c(c(OCC)c1OCC)C(C1c3c(cc4c(c3OC)OCO4)CCN1C)OC2=O. The molecule has 0 amide bonds. The fourth-order valence-electron chi connectivity index (χ4n) is 10.7. The van der Waals surface area contributed by atoms with Crippen LogP contribution in [0.2, 0.25) is 0 Å². The Morgan fingerprint density at radius 1 is 0.500 bits per heavy atom. The van der Waals surface area contributed by atoms with Crippen molar-refractivity contribution in [3.63, 3.8) is 0 Å². The number of likely N-dealkylation sites (N-methyl/N-ethyl adjacent to an activating group) is 2. The molecule has 0 radical (unpaired) electrons. The molecule has 4 aromatic carbocycles. The van der Waals surface area contributed by atoms with Gasteiger partial charge in [0.25, 0.3) is 0 Å². The molecule has 0 aromatic heterocycles. The second-order valence-corrected chi connectivity index (χ2v) is 17.4. The first-order valence-corrected chi connectivity index (χ1v) is 24.5. The van der Waals surface area contributed by atoms with E-state index in [2.05, 4.69) is 9.80 Å². The van der Waals surface area contributed by atoms with Gasteiger partial charge < -0.3 is 77.8 Å². The summed E-state index contributed by atoms with van der Waals surface area (Å²) in [5.41, 5.74) is 18.9. The maximum absolute atomic E-state index is 13.3. The van der Waals surface area contributed by atoms with Crippen LogP contribution in [0.15, 0.2) is 12.1 Å². The molecular weight excluding hydrogens is 937 g/mol. The Balaban J connectivity index is 0.000000178. The number of ether oxygens (including phenoxy) is 14. The van der Waals surface area contributed by atoms with Crippen LogP contribution in [-0.2, 0) is 22.3 Å². The second-order valence-electron chi connectivity index (χ2n) is 17.4. The number of methoxy groups -OCH3 is 2. The molecule has 4 atom stereocenters. The first-order valence-electron chi connectivity index (χ1n) is 24.5. The lowest BCUT2D eigenvalue weighted by atomic mass is 9.85. The number of nitrogens with zero attached hydrogens (tertiary/aromatic N) is 2. The van der Waals surface area contributed by atoms with Crippen molar-refractivity contribution in [2.45, 2.75) is 78.7 Å². The number of rotatable bonds is 16. The molecule has 6 heterocycles. The van der Waals surface area contributed by atoms with E-state index < -0.39 is 36.2 Å². The summed E-state index contributed by atoms with van der Waals surface area (Å²) in [6.45, 7) is 15.0. The minimum absolute atomic E-state index is 0.124. The highest BCUT2D eigenvalue weighted by Gasteiger charge is 2.51. The van der Waals surface area contributed by atoms with Gasteiger partial charge in [0.2, 0.25) is 36.6 Å². The molecule has 4 N–H and O–H groups in total. The third-order valence-corrected chi connectivity index (χ3v) is 13.5. The molecule has 6 aliphatic heterocycles. The van der Waals surface area contributed by atoms with Crippen LogP contribution in [0.25, 0.3) is 0 Å². The van der Waals surface area contributed by atoms with Crippen LogP contribution in [0.4, 0.5) is 11.4 Å². The molecule has 0 bridgehead atoms. The molecule has 0 fully saturated rings. The zero-order valence-corrected chi connectivity index (χ0v) is 42.5. The third kappa shape index (κ3) is 8.07. The van der Waals surface area contributed by atoms with E-state index in [9.17, 15) is 9.59 Å². The normalized spacial score (nSPS) is 20.0. The lowest BCUT2D eigenvalue weighted by Gasteiger charge is -2.38. The van der Waals surface area contributed by atoms with E-state index in [-0.39, 0.29) is 47.6 Å². The molecule has 4 aromatic rings. The Labute approximate surface area is 418 Å². The number of hydrogen-bond acceptors (Lipinski definition) is 20. The number of carbonyl (C=O) groups is 2. The van der Waals surface area contributed by atoms with Crippen molar-refractivity contribution in [1.29, 1.82) is 0 Å². The Morgan fingerprint density at radius 3 is 1.19 bits per heavy atom. The zero-order valence-electron chi connectivity index (χ0n) is 42.5. The molecule has 6 aliphatic rings. The number of carbonyl (C=O) groups excluding carboxylic acids is 2. The number of fused-ring (bicyclic) bond motifs is 6. The summed E-state index contributed by atoms with van der Waals surface area (Å²) in [5.74, 6) is 4.62. The van der Waals surface area contributed by atoms with Crippen LogP contribution < -0.4 is 68.3 Å². The van der Waals surface area contributed by atoms with Crippen LogP contribution in [0.3, 0.4) is 0 Å². The van der Waals surface area contributed by atoms with Gasteiger partial charge in [-0.15, -0.1) is 0 Å². The topological polar surface area (TPSA) is 222 Å². The summed E-state index contributed by atoms with van der Waals surface area (Å²) < 4.78 is 82.5. The van der Waals surface area contributed by atoms with Crippen molar-refractivity contribution in [2.24, 2.45) is 0 Å². The van der Waals surface area contributed by atoms with Gasteiger partial charge in [-0.05, 0) is 91.7 Å². The lowest BCUT2D eigenvalue weighted by Crippen LogP contribution is -2.36. The van der Waals surface area contributed by atoms with Gasteiger partial charge in [0.15, 0.2) is 58.2 Å². The predicted molar refractivity (Wildman–Crippen MR) is 261 cm³/mol. The standard InChI is InChI=1S/2C26H32N2O8/c2*1-6-31-23-17-16(18(27)24(32-7-2)25(23)33-8-3)26(29)36-21(17)19-15-13(9-10-28(19)4)11-14-20(22(15)30-5)35-12-34-14/h2*11,19,21H,6-10,12,27H2,1-5H3. The highest BCUT2D eigenvalue weighted by Crippen LogP contribution is 2.61. The highest BCUT2D eigenvalue weighted by molar-refractivity contribution is 6.04. The average Bonchev–Trinajstić information content (AvgIpc) is 4.18. The number of nitrogen functional groups attached to an aromatic ring is 2. The van der Waals surface area contributed by atoms with Crippen LogP contribution in [0.1, 0.15) is 120 Å². The minimum atomic E-state index is -0.732. The molecule has 0 saturated heterocycles. The maximum Gasteiger partial charge on any atom is 0.341 e. The summed E-state index contributed by atoms with van der Waals surface area (Å²) in [5, 5.41) is 0. The summed E-state index contributed by atoms with van der Waals surface area (Å²) in [4.78, 5) is 30.9. The second kappa shape index (κ2) is 20.6. The van der Waals surface area contributed by atoms with Gasteiger partial charge >= 0.3 is 11.9 Å². The van der Waals surface area contributed by atoms with Crippen molar-refractivity contribution in [3.05, 3.63) is 56.6 Å². The van der Waals surface area contributed by atoms with E-state index in [0.717, 1.165) is 48.2 Å². The number of benzene rings is 4. The molecule has 0 saturated carbocycles. The Bertz CT molecular complexity index is 2580. The molecule has 72 heavy (non-hydrogen) atoms. The first-order chi connectivity index (χ1) is 34.9. The molecule has 4 unspecified atom stereocenters. The van der Waals surface area contributed by atoms with Crippen LogP contribution in [0, 0.1) is 0 Å². The van der Waals surface area contributed by atoms with Gasteiger partial charge in [-0.2, -0.15) is 0 Å². The molecule has 10 rings (SSSR count). The van der Waals surface area contributed by atoms with Gasteiger partial charge in [-0.3, -0.25) is 9.80 Å². The molecule has 20 nitrogen and oxygen atoms in total. The number of hydrogen-bond donors (Lipinski definition) is 2. The quantitative estimate of drug-likeness (QED) is 0.0831. The van der Waals surface area contributed by atoms with Crippen LogP contribution in [0.5, 0.6) is 69.0 Å². The van der Waals surface area contributed by atoms with Crippen molar-refractivity contribution in [2.75, 3.05) is 106 Å². The minimum Gasteiger partial charge on any atom is -0.492 e. The van der Waals surface area contributed by atoms with Crippen molar-refractivity contribution in [1.82, 2.24) is 9.80 Å². The highest BCUT2D eigenvalue weighted by atomic mass is 16.7. The van der Waals surface area contributed by atoms with Crippen molar-refractivity contribution < 1.29 is 75.9 Å². The van der Waals surface area contributed by atoms with E-state index in [4.69, 9.17) is 77.8 Å². The van der Waals surface area contributed by atoms with E-state index in [1.54, 1.807) is 14.2 Å². The summed E-state index contributed by atoms with van der Waals surface area (Å²) in [6, 6.07) is 3.18. The average molecular weight is 1000 g/mol. The fraction of sp³-hybridized carbons (Fsp3) is 0.500. The largest absolute Gasteiger partial charge is 0.492 e. The molecule has 0 spiro atoms.